The molecular weight excluding hydrogens is 271 g/mol. The van der Waals surface area contributed by atoms with Crippen molar-refractivity contribution in [3.63, 3.8) is 0 Å². The van der Waals surface area contributed by atoms with Crippen molar-refractivity contribution in [1.29, 1.82) is 0 Å². The lowest BCUT2D eigenvalue weighted by Gasteiger charge is -2.17. The highest BCUT2D eigenvalue weighted by Crippen LogP contribution is 2.06. The lowest BCUT2D eigenvalue weighted by molar-refractivity contribution is 0.116. The molecule has 4 nitrogen and oxygen atoms in total. The van der Waals surface area contributed by atoms with Crippen molar-refractivity contribution in [2.24, 2.45) is 5.92 Å². The third-order valence-corrected chi connectivity index (χ3v) is 3.30. The Morgan fingerprint density at radius 3 is 2.67 bits per heavy atom. The monoisotopic (exact) mass is 296 g/mol. The molecule has 1 aromatic carbocycles. The maximum Gasteiger partial charge on any atom is 0.315 e. The number of nitrogens with one attached hydrogen (secondary N) is 2. The molecule has 0 fully saturated rings. The molecule has 2 atom stereocenters. The van der Waals surface area contributed by atoms with Gasteiger partial charge in [0.05, 0.1) is 6.10 Å². The van der Waals surface area contributed by atoms with Crippen molar-refractivity contribution < 1.29 is 14.3 Å². The Bertz CT molecular complexity index is 452. The normalized spacial score (nSPS) is 13.8. The van der Waals surface area contributed by atoms with Gasteiger partial charge in [0.25, 0.3) is 0 Å². The predicted molar refractivity (Wildman–Crippen MR) is 81.6 cm³/mol. The summed E-state index contributed by atoms with van der Waals surface area (Å²) in [5, 5.41) is 15.1. The smallest absolute Gasteiger partial charge is 0.315 e. The van der Waals surface area contributed by atoms with Gasteiger partial charge in [-0.15, -0.1) is 0 Å². The van der Waals surface area contributed by atoms with E-state index in [0.717, 1.165) is 5.56 Å². The molecule has 1 rings (SSSR count). The Hall–Kier alpha value is -1.62. The van der Waals surface area contributed by atoms with E-state index in [1.54, 1.807) is 6.07 Å². The summed E-state index contributed by atoms with van der Waals surface area (Å²) in [6.07, 6.45) is 0.693. The Balaban J connectivity index is 2.27. The number of benzene rings is 1. The zero-order valence-corrected chi connectivity index (χ0v) is 12.9. The molecule has 3 N–H and O–H groups in total. The van der Waals surface area contributed by atoms with Crippen LogP contribution in [0.15, 0.2) is 24.3 Å². The second-order valence-electron chi connectivity index (χ2n) is 5.74. The molecule has 0 aliphatic rings. The standard InChI is InChI=1S/C16H25FN2O2/c1-11(2)15(20)7-8-18-16(21)19-12(3)9-13-5-4-6-14(17)10-13/h4-6,10-12,15,20H,7-9H2,1-3H3,(H2,18,19,21). The van der Waals surface area contributed by atoms with Crippen LogP contribution in [0.1, 0.15) is 32.8 Å². The van der Waals surface area contributed by atoms with Crippen LogP contribution in [0.5, 0.6) is 0 Å². The molecule has 0 radical (unpaired) electrons. The number of rotatable bonds is 7. The van der Waals surface area contributed by atoms with E-state index in [4.69, 9.17) is 0 Å². The number of halogens is 1. The Morgan fingerprint density at radius 2 is 2.05 bits per heavy atom. The fourth-order valence-corrected chi connectivity index (χ4v) is 2.01. The van der Waals surface area contributed by atoms with E-state index >= 15 is 0 Å². The highest BCUT2D eigenvalue weighted by molar-refractivity contribution is 5.74. The van der Waals surface area contributed by atoms with Crippen molar-refractivity contribution in [2.45, 2.75) is 45.8 Å². The van der Waals surface area contributed by atoms with Gasteiger partial charge in [-0.1, -0.05) is 26.0 Å². The molecule has 118 valence electrons. The molecule has 21 heavy (non-hydrogen) atoms. The number of hydrogen-bond donors (Lipinski definition) is 3. The topological polar surface area (TPSA) is 61.4 Å². The SMILES string of the molecule is CC(Cc1cccc(F)c1)NC(=O)NCCC(O)C(C)C. The average molecular weight is 296 g/mol. The highest BCUT2D eigenvalue weighted by Gasteiger charge is 2.11. The van der Waals surface area contributed by atoms with Crippen LogP contribution in [0.3, 0.4) is 0 Å². The van der Waals surface area contributed by atoms with Gasteiger partial charge >= 0.3 is 6.03 Å². The van der Waals surface area contributed by atoms with Crippen molar-refractivity contribution >= 4 is 6.03 Å². The van der Waals surface area contributed by atoms with E-state index in [2.05, 4.69) is 10.6 Å². The Morgan fingerprint density at radius 1 is 1.33 bits per heavy atom. The van der Waals surface area contributed by atoms with Crippen LogP contribution in [0.2, 0.25) is 0 Å². The van der Waals surface area contributed by atoms with E-state index in [0.29, 0.717) is 19.4 Å². The minimum Gasteiger partial charge on any atom is -0.393 e. The molecule has 0 bridgehead atoms. The summed E-state index contributed by atoms with van der Waals surface area (Å²) in [6, 6.07) is 5.99. The Labute approximate surface area is 125 Å². The Kier molecular flexibility index (Phi) is 7.15. The van der Waals surface area contributed by atoms with Gasteiger partial charge in [0.1, 0.15) is 5.82 Å². The van der Waals surface area contributed by atoms with Crippen molar-refractivity contribution in [2.75, 3.05) is 6.54 Å². The van der Waals surface area contributed by atoms with Gasteiger partial charge in [0.2, 0.25) is 0 Å². The van der Waals surface area contributed by atoms with Crippen molar-refractivity contribution in [1.82, 2.24) is 10.6 Å². The molecule has 0 spiro atoms. The third kappa shape index (κ3) is 7.09. The van der Waals surface area contributed by atoms with Crippen LogP contribution in [0.25, 0.3) is 0 Å². The van der Waals surface area contributed by atoms with Gasteiger partial charge in [0, 0.05) is 12.6 Å². The molecule has 5 heteroatoms. The fraction of sp³-hybridized carbons (Fsp3) is 0.562. The number of amides is 2. The minimum absolute atomic E-state index is 0.0955. The first-order chi connectivity index (χ1) is 9.88. The minimum atomic E-state index is -0.407. The lowest BCUT2D eigenvalue weighted by Crippen LogP contribution is -2.42. The number of hydrogen-bond acceptors (Lipinski definition) is 2. The zero-order valence-electron chi connectivity index (χ0n) is 12.9. The number of aliphatic hydroxyl groups excluding tert-OH is 1. The van der Waals surface area contributed by atoms with Crippen LogP contribution in [0.4, 0.5) is 9.18 Å². The average Bonchev–Trinajstić information content (AvgIpc) is 2.37. The van der Waals surface area contributed by atoms with Gasteiger partial charge in [-0.25, -0.2) is 9.18 Å². The molecule has 0 heterocycles. The molecule has 1 aromatic rings. The molecule has 2 amide bonds. The summed E-state index contributed by atoms with van der Waals surface area (Å²) >= 11 is 0. The molecule has 0 aromatic heterocycles. The fourth-order valence-electron chi connectivity index (χ4n) is 2.01. The molecule has 0 saturated heterocycles. The van der Waals surface area contributed by atoms with Crippen LogP contribution in [-0.4, -0.2) is 29.8 Å². The van der Waals surface area contributed by atoms with Crippen molar-refractivity contribution in [3.05, 3.63) is 35.6 Å². The first-order valence-corrected chi connectivity index (χ1v) is 7.35. The molecule has 0 aliphatic carbocycles. The summed E-state index contributed by atoms with van der Waals surface area (Å²) in [6.45, 7) is 6.17. The highest BCUT2D eigenvalue weighted by atomic mass is 19.1. The van der Waals surface area contributed by atoms with Gasteiger partial charge in [0.15, 0.2) is 0 Å². The molecule has 2 unspecified atom stereocenters. The quantitative estimate of drug-likeness (QED) is 0.724. The van der Waals surface area contributed by atoms with Gasteiger partial charge in [-0.2, -0.15) is 0 Å². The first kappa shape index (κ1) is 17.4. The number of aliphatic hydroxyl groups is 1. The zero-order chi connectivity index (χ0) is 15.8. The first-order valence-electron chi connectivity index (χ1n) is 7.35. The summed E-state index contributed by atoms with van der Waals surface area (Å²) in [4.78, 5) is 11.7. The maximum atomic E-state index is 13.1. The maximum absolute atomic E-state index is 13.1. The molecule has 0 saturated carbocycles. The lowest BCUT2D eigenvalue weighted by atomic mass is 10.0. The van der Waals surface area contributed by atoms with Gasteiger partial charge in [-0.3, -0.25) is 0 Å². The van der Waals surface area contributed by atoms with Crippen molar-refractivity contribution in [3.8, 4) is 0 Å². The largest absolute Gasteiger partial charge is 0.393 e. The third-order valence-electron chi connectivity index (χ3n) is 3.30. The number of carbonyl (C=O) groups excluding carboxylic acids is 1. The molecular formula is C16H25FN2O2. The van der Waals surface area contributed by atoms with Gasteiger partial charge in [-0.05, 0) is 43.4 Å². The van der Waals surface area contributed by atoms with E-state index < -0.39 is 6.10 Å². The van der Waals surface area contributed by atoms with Crippen LogP contribution >= 0.6 is 0 Å². The number of carbonyl (C=O) groups is 1. The van der Waals surface area contributed by atoms with Crippen LogP contribution < -0.4 is 10.6 Å². The summed E-state index contributed by atoms with van der Waals surface area (Å²) in [5.74, 6) is -0.0893. The summed E-state index contributed by atoms with van der Waals surface area (Å²) in [7, 11) is 0. The summed E-state index contributed by atoms with van der Waals surface area (Å²) < 4.78 is 13.1. The van der Waals surface area contributed by atoms with Gasteiger partial charge < -0.3 is 15.7 Å². The van der Waals surface area contributed by atoms with E-state index in [-0.39, 0.29) is 23.8 Å². The predicted octanol–water partition coefficient (Wildman–Crippen LogP) is 2.46. The molecule has 0 aliphatic heterocycles. The van der Waals surface area contributed by atoms with E-state index in [9.17, 15) is 14.3 Å². The van der Waals surface area contributed by atoms with Crippen LogP contribution in [0, 0.1) is 11.7 Å². The number of urea groups is 1. The van der Waals surface area contributed by atoms with Crippen LogP contribution in [-0.2, 0) is 6.42 Å². The second kappa shape index (κ2) is 8.62. The summed E-state index contributed by atoms with van der Waals surface area (Å²) in [5.41, 5.74) is 0.845. The second-order valence-corrected chi connectivity index (χ2v) is 5.74. The van der Waals surface area contributed by atoms with E-state index in [1.165, 1.54) is 12.1 Å². The van der Waals surface area contributed by atoms with E-state index in [1.807, 2.05) is 26.8 Å².